The third-order valence-corrected chi connectivity index (χ3v) is 0. The van der Waals surface area contributed by atoms with Crippen LogP contribution in [0.3, 0.4) is 0 Å². The summed E-state index contributed by atoms with van der Waals surface area (Å²) in [4.78, 5) is 0. The zero-order valence-electron chi connectivity index (χ0n) is 8.16. The van der Waals surface area contributed by atoms with Crippen LogP contribution in [0.25, 0.3) is 0 Å². The molecule has 0 radical (unpaired) electrons. The Bertz CT molecular complexity index is 97.5. The predicted octanol–water partition coefficient (Wildman–Crippen LogP) is 0.671. The van der Waals surface area contributed by atoms with Crippen molar-refractivity contribution in [2.45, 2.75) is 0 Å². The molecule has 16 heavy (non-hydrogen) atoms. The summed E-state index contributed by atoms with van der Waals surface area (Å²) in [5.74, 6) is 0. The molecular formula is C8H6Fe2O6-2. The van der Waals surface area contributed by atoms with Gasteiger partial charge >= 0.3 is 67.8 Å². The van der Waals surface area contributed by atoms with Crippen molar-refractivity contribution in [3.63, 3.8) is 0 Å². The van der Waals surface area contributed by atoms with Crippen LogP contribution in [0.1, 0.15) is 0 Å². The van der Waals surface area contributed by atoms with E-state index in [1.54, 1.807) is 0 Å². The van der Waals surface area contributed by atoms with Crippen molar-refractivity contribution in [3.05, 3.63) is 54.8 Å². The Hall–Kier alpha value is -0.521. The molecule has 0 unspecified atom stereocenters. The van der Waals surface area contributed by atoms with Crippen LogP contribution in [0.2, 0.25) is 0 Å². The van der Waals surface area contributed by atoms with Gasteiger partial charge in [0.15, 0.2) is 0 Å². The zero-order chi connectivity index (χ0) is 12.0. The van der Waals surface area contributed by atoms with E-state index in [1.165, 1.54) is 0 Å². The van der Waals surface area contributed by atoms with Crippen molar-refractivity contribution in [1.82, 2.24) is 0 Å². The molecule has 0 fully saturated rings. The van der Waals surface area contributed by atoms with Crippen molar-refractivity contribution in [2.75, 3.05) is 0 Å². The quantitative estimate of drug-likeness (QED) is 0.355. The van der Waals surface area contributed by atoms with E-state index in [0.29, 0.717) is 0 Å². The first-order valence-corrected chi connectivity index (χ1v) is 1.22. The Kier molecular flexibility index (Phi) is 65500. The van der Waals surface area contributed by atoms with Crippen LogP contribution in [0.4, 0.5) is 0 Å². The van der Waals surface area contributed by atoms with E-state index in [1.807, 2.05) is 0 Å². The number of hydrogen-bond donors (Lipinski definition) is 0. The Balaban J connectivity index is -0.00000000321. The molecule has 0 saturated carbocycles. The molecule has 92 valence electrons. The van der Waals surface area contributed by atoms with E-state index in [-0.39, 0.29) is 49.0 Å². The second kappa shape index (κ2) is 9690. The fourth-order valence-electron chi connectivity index (χ4n) is 0. The maximum Gasteiger partial charge on any atom is 0 e. The summed E-state index contributed by atoms with van der Waals surface area (Å²) in [5, 5.41) is 0. The fraction of sp³-hybridized carbons (Fsp3) is 0. The largest absolute Gasteiger partial charge is 0.358 e. The van der Waals surface area contributed by atoms with Crippen LogP contribution in [-0.2, 0) is 62.1 Å². The molecule has 0 aliphatic rings. The van der Waals surface area contributed by atoms with Crippen LogP contribution in [0.15, 0.2) is 0 Å². The van der Waals surface area contributed by atoms with Gasteiger partial charge in [-0.1, -0.05) is 0 Å². The van der Waals surface area contributed by atoms with E-state index in [0.717, 1.165) is 0 Å². The van der Waals surface area contributed by atoms with Gasteiger partial charge in [-0.05, 0) is 0 Å². The SMILES string of the molecule is [C-]#[O+].[C-]#[O+].[C-]#[O+].[C-]#[O+].[C-]#[O+].[C-]#[O+].[CH3-].[CH3-].[Fe].[Fe]. The smallest absolute Gasteiger partial charge is 0 e. The Morgan fingerprint density at radius 1 is 0.312 bits per heavy atom. The summed E-state index contributed by atoms with van der Waals surface area (Å²) in [6, 6.07) is 0. The first-order chi connectivity index (χ1) is 6.00. The maximum atomic E-state index is 7.50. The second-order valence-corrected chi connectivity index (χ2v) is 0. The monoisotopic (exact) mass is 310 g/mol. The van der Waals surface area contributed by atoms with Gasteiger partial charge < -0.3 is 14.9 Å². The topological polar surface area (TPSA) is 119 Å². The van der Waals surface area contributed by atoms with Gasteiger partial charge in [0.25, 0.3) is 0 Å². The van der Waals surface area contributed by atoms with Gasteiger partial charge in [0.1, 0.15) is 0 Å². The molecule has 8 heteroatoms. The summed E-state index contributed by atoms with van der Waals surface area (Å²) < 4.78 is 45.0. The third-order valence-electron chi connectivity index (χ3n) is 0. The third kappa shape index (κ3) is 7730. The molecule has 0 aromatic rings. The summed E-state index contributed by atoms with van der Waals surface area (Å²) in [7, 11) is 0. The summed E-state index contributed by atoms with van der Waals surface area (Å²) in [5.41, 5.74) is 0. The average Bonchev–Trinajstić information content (AvgIpc) is 2.33. The van der Waals surface area contributed by atoms with E-state index in [9.17, 15) is 0 Å². The Morgan fingerprint density at radius 3 is 0.312 bits per heavy atom. The van der Waals surface area contributed by atoms with E-state index in [4.69, 9.17) is 27.9 Å². The molecule has 0 bridgehead atoms. The van der Waals surface area contributed by atoms with Crippen molar-refractivity contribution in [2.24, 2.45) is 0 Å². The van der Waals surface area contributed by atoms with Crippen LogP contribution < -0.4 is 0 Å². The molecule has 0 heterocycles. The fourth-order valence-corrected chi connectivity index (χ4v) is 0. The minimum absolute atomic E-state index is 0. The first-order valence-electron chi connectivity index (χ1n) is 1.22. The number of hydrogen-bond acceptors (Lipinski definition) is 0. The van der Waals surface area contributed by atoms with Crippen molar-refractivity contribution >= 4 is 0 Å². The first kappa shape index (κ1) is 108. The van der Waals surface area contributed by atoms with Gasteiger partial charge in [-0.15, -0.1) is 0 Å². The van der Waals surface area contributed by atoms with Crippen molar-refractivity contribution in [1.29, 1.82) is 0 Å². The van der Waals surface area contributed by atoms with Crippen LogP contribution in [-0.4, -0.2) is 0 Å². The van der Waals surface area contributed by atoms with Crippen molar-refractivity contribution in [3.8, 4) is 0 Å². The molecule has 0 amide bonds. The Labute approximate surface area is 117 Å². The van der Waals surface area contributed by atoms with Gasteiger partial charge in [-0.3, -0.25) is 0 Å². The van der Waals surface area contributed by atoms with Crippen LogP contribution in [0, 0.1) is 54.8 Å². The molecule has 0 atom stereocenters. The van der Waals surface area contributed by atoms with Gasteiger partial charge in [0, 0.05) is 34.1 Å². The molecule has 0 N–H and O–H groups in total. The van der Waals surface area contributed by atoms with E-state index in [2.05, 4.69) is 39.9 Å². The standard InChI is InChI=1S/6CO.2CH3.2Fe/c6*1-2;;;;/h;;;;;;2*1H3;;/q;;;;;;2*-1;;. The van der Waals surface area contributed by atoms with Crippen LogP contribution >= 0.6 is 0 Å². The summed E-state index contributed by atoms with van der Waals surface area (Å²) in [6.07, 6.45) is 0. The second-order valence-electron chi connectivity index (χ2n) is 0. The number of rotatable bonds is 0. The van der Waals surface area contributed by atoms with Crippen molar-refractivity contribution < 1.29 is 62.1 Å². The molecular weight excluding hydrogens is 304 g/mol. The van der Waals surface area contributed by atoms with E-state index < -0.39 is 0 Å². The molecule has 0 aromatic heterocycles. The van der Waals surface area contributed by atoms with E-state index >= 15 is 0 Å². The summed E-state index contributed by atoms with van der Waals surface area (Å²) >= 11 is 0. The zero-order valence-corrected chi connectivity index (χ0v) is 10.4. The normalized spacial score (nSPS) is 0.750. The molecule has 0 rings (SSSR count). The molecule has 0 saturated heterocycles. The Morgan fingerprint density at radius 2 is 0.312 bits per heavy atom. The molecule has 0 aromatic carbocycles. The minimum atomic E-state index is 0. The van der Waals surface area contributed by atoms with Gasteiger partial charge in [0.2, 0.25) is 0 Å². The molecule has 0 spiro atoms. The van der Waals surface area contributed by atoms with Crippen LogP contribution in [0.5, 0.6) is 0 Å². The summed E-state index contributed by atoms with van der Waals surface area (Å²) in [6.45, 7) is 27.0. The maximum absolute atomic E-state index is 7.50. The van der Waals surface area contributed by atoms with Gasteiger partial charge in [-0.2, -0.15) is 0 Å². The predicted molar refractivity (Wildman–Crippen MR) is 36.4 cm³/mol. The molecule has 6 nitrogen and oxygen atoms in total. The van der Waals surface area contributed by atoms with Gasteiger partial charge in [0.05, 0.1) is 0 Å². The molecule has 0 aliphatic heterocycles. The molecule has 0 aliphatic carbocycles. The van der Waals surface area contributed by atoms with Gasteiger partial charge in [-0.25, -0.2) is 0 Å². The minimum Gasteiger partial charge on any atom is -0.358 e. The average molecular weight is 310 g/mol.